The van der Waals surface area contributed by atoms with Crippen LogP contribution in [0.5, 0.6) is 0 Å². The van der Waals surface area contributed by atoms with Gasteiger partial charge in [-0.05, 0) is 50.2 Å². The van der Waals surface area contributed by atoms with Gasteiger partial charge in [0, 0.05) is 31.7 Å². The molecule has 0 N–H and O–H groups in total. The van der Waals surface area contributed by atoms with Gasteiger partial charge in [0.2, 0.25) is 0 Å². The number of carbonyl (C=O) groups excluding carboxylic acids is 1. The Hall–Kier alpha value is -2.44. The smallest absolute Gasteiger partial charge is 0.329 e. The van der Waals surface area contributed by atoms with Gasteiger partial charge in [-0.2, -0.15) is 5.10 Å². The molecule has 2 aliphatic heterocycles. The number of carbonyl (C=O) groups is 1. The molecule has 0 radical (unpaired) electrons. The molecule has 5 rings (SSSR count). The molecule has 0 unspecified atom stereocenters. The summed E-state index contributed by atoms with van der Waals surface area (Å²) < 4.78 is 3.45. The van der Waals surface area contributed by atoms with Crippen LogP contribution >= 0.6 is 0 Å². The van der Waals surface area contributed by atoms with Crippen LogP contribution in [0.4, 0.5) is 0 Å². The van der Waals surface area contributed by atoms with E-state index in [9.17, 15) is 9.59 Å². The Morgan fingerprint density at radius 2 is 2.04 bits per heavy atom. The van der Waals surface area contributed by atoms with Crippen LogP contribution in [0.15, 0.2) is 23.1 Å². The molecule has 7 heteroatoms. The number of rotatable bonds is 3. The first-order valence-corrected chi connectivity index (χ1v) is 9.52. The van der Waals surface area contributed by atoms with Crippen molar-refractivity contribution in [1.82, 2.24) is 24.2 Å². The van der Waals surface area contributed by atoms with Gasteiger partial charge in [-0.1, -0.05) is 6.07 Å². The van der Waals surface area contributed by atoms with E-state index in [1.165, 1.54) is 12.8 Å². The van der Waals surface area contributed by atoms with Gasteiger partial charge in [0.1, 0.15) is 11.5 Å². The molecular formula is C19H23N5O2. The van der Waals surface area contributed by atoms with Gasteiger partial charge in [-0.3, -0.25) is 14.3 Å². The summed E-state index contributed by atoms with van der Waals surface area (Å²) in [7, 11) is 0. The molecule has 1 saturated carbocycles. The van der Waals surface area contributed by atoms with Crippen molar-refractivity contribution in [2.75, 3.05) is 0 Å². The summed E-state index contributed by atoms with van der Waals surface area (Å²) in [6, 6.07) is 3.92. The number of hydrogen-bond acceptors (Lipinski definition) is 4. The molecule has 2 fully saturated rings. The summed E-state index contributed by atoms with van der Waals surface area (Å²) in [4.78, 5) is 32.2. The summed E-state index contributed by atoms with van der Waals surface area (Å²) >= 11 is 0. The monoisotopic (exact) mass is 353 g/mol. The number of amides is 1. The molecule has 2 aromatic heterocycles. The summed E-state index contributed by atoms with van der Waals surface area (Å²) in [5.74, 6) is 1.44. The average Bonchev–Trinajstić information content (AvgIpc) is 3.32. The molecule has 7 nitrogen and oxygen atoms in total. The Balaban J connectivity index is 1.46. The first-order chi connectivity index (χ1) is 12.6. The number of hydrogen-bond donors (Lipinski definition) is 0. The molecule has 0 aromatic carbocycles. The van der Waals surface area contributed by atoms with E-state index in [1.807, 2.05) is 24.0 Å². The zero-order chi connectivity index (χ0) is 17.8. The van der Waals surface area contributed by atoms with Crippen LogP contribution in [0.3, 0.4) is 0 Å². The van der Waals surface area contributed by atoms with Crippen molar-refractivity contribution < 1.29 is 4.79 Å². The van der Waals surface area contributed by atoms with E-state index in [-0.39, 0.29) is 23.7 Å². The van der Waals surface area contributed by atoms with Crippen molar-refractivity contribution in [3.63, 3.8) is 0 Å². The number of pyridine rings is 1. The molecule has 2 atom stereocenters. The van der Waals surface area contributed by atoms with Gasteiger partial charge in [0.25, 0.3) is 5.91 Å². The predicted molar refractivity (Wildman–Crippen MR) is 94.9 cm³/mol. The van der Waals surface area contributed by atoms with E-state index in [1.54, 1.807) is 15.4 Å². The quantitative estimate of drug-likeness (QED) is 0.836. The van der Waals surface area contributed by atoms with Gasteiger partial charge in [-0.15, -0.1) is 0 Å². The highest BCUT2D eigenvalue weighted by Crippen LogP contribution is 2.33. The first-order valence-electron chi connectivity index (χ1n) is 9.52. The van der Waals surface area contributed by atoms with Crippen molar-refractivity contribution in [1.29, 1.82) is 0 Å². The molecule has 2 aromatic rings. The summed E-state index contributed by atoms with van der Waals surface area (Å²) in [5, 5.41) is 4.61. The van der Waals surface area contributed by atoms with E-state index in [0.717, 1.165) is 30.8 Å². The maximum absolute atomic E-state index is 13.2. The van der Waals surface area contributed by atoms with Crippen LogP contribution in [0, 0.1) is 12.8 Å². The second-order valence-electron chi connectivity index (χ2n) is 7.91. The van der Waals surface area contributed by atoms with Crippen molar-refractivity contribution in [3.8, 4) is 0 Å². The average molecular weight is 353 g/mol. The van der Waals surface area contributed by atoms with Crippen LogP contribution in [-0.2, 0) is 19.5 Å². The fraction of sp³-hybridized carbons (Fsp3) is 0.579. The lowest BCUT2D eigenvalue weighted by Crippen LogP contribution is -2.43. The maximum Gasteiger partial charge on any atom is 0.345 e. The minimum Gasteiger partial charge on any atom is -0.329 e. The predicted octanol–water partition coefficient (Wildman–Crippen LogP) is 1.39. The van der Waals surface area contributed by atoms with Crippen molar-refractivity contribution in [3.05, 3.63) is 45.9 Å². The minimum absolute atomic E-state index is 0.0131. The van der Waals surface area contributed by atoms with Gasteiger partial charge < -0.3 is 4.90 Å². The zero-order valence-corrected chi connectivity index (χ0v) is 15.0. The van der Waals surface area contributed by atoms with E-state index in [4.69, 9.17) is 0 Å². The molecule has 0 spiro atoms. The van der Waals surface area contributed by atoms with Crippen molar-refractivity contribution in [2.45, 2.75) is 64.2 Å². The zero-order valence-electron chi connectivity index (χ0n) is 15.0. The van der Waals surface area contributed by atoms with Gasteiger partial charge in [0.15, 0.2) is 0 Å². The van der Waals surface area contributed by atoms with E-state index >= 15 is 0 Å². The van der Waals surface area contributed by atoms with Crippen molar-refractivity contribution in [2.24, 2.45) is 5.92 Å². The molecular weight excluding hydrogens is 330 g/mol. The summed E-state index contributed by atoms with van der Waals surface area (Å²) in [6.07, 6.45) is 6.62. The van der Waals surface area contributed by atoms with Crippen molar-refractivity contribution >= 4 is 5.91 Å². The van der Waals surface area contributed by atoms with E-state index in [0.29, 0.717) is 24.6 Å². The largest absolute Gasteiger partial charge is 0.345 e. The van der Waals surface area contributed by atoms with Crippen LogP contribution < -0.4 is 5.69 Å². The Kier molecular flexibility index (Phi) is 3.52. The number of nitrogens with zero attached hydrogens (tertiary/aromatic N) is 5. The Labute approximate surface area is 151 Å². The van der Waals surface area contributed by atoms with Gasteiger partial charge >= 0.3 is 5.69 Å². The Morgan fingerprint density at radius 3 is 2.81 bits per heavy atom. The molecule has 4 heterocycles. The molecule has 26 heavy (non-hydrogen) atoms. The standard InChI is InChI=1S/C19H23N5O2/c1-12-3-2-8-20-17(12)18(25)24-14-6-7-15(24)11-22-16(9-14)21-23(19(22)26)10-13-4-5-13/h2-3,8,13-15H,4-7,9-11H2,1H3/t14-,15+/m0/s1. The highest BCUT2D eigenvalue weighted by molar-refractivity contribution is 5.94. The highest BCUT2D eigenvalue weighted by atomic mass is 16.2. The minimum atomic E-state index is -0.0142. The third-order valence-corrected chi connectivity index (χ3v) is 6.01. The molecule has 1 amide bonds. The third-order valence-electron chi connectivity index (χ3n) is 6.01. The SMILES string of the molecule is Cc1cccnc1C(=O)N1[C@@H]2CC[C@H]1Cc1nn(CC3CC3)c(=O)n1C2. The first kappa shape index (κ1) is 15.8. The molecule has 136 valence electrons. The lowest BCUT2D eigenvalue weighted by molar-refractivity contribution is 0.0658. The van der Waals surface area contributed by atoms with E-state index < -0.39 is 0 Å². The number of aromatic nitrogens is 4. The summed E-state index contributed by atoms with van der Waals surface area (Å²) in [6.45, 7) is 3.21. The van der Waals surface area contributed by atoms with Crippen LogP contribution in [0.1, 0.15) is 47.6 Å². The van der Waals surface area contributed by atoms with E-state index in [2.05, 4.69) is 10.1 Å². The fourth-order valence-electron chi connectivity index (χ4n) is 4.41. The third kappa shape index (κ3) is 2.48. The molecule has 3 aliphatic rings. The molecule has 2 bridgehead atoms. The Bertz CT molecular complexity index is 926. The fourth-order valence-corrected chi connectivity index (χ4v) is 4.41. The second-order valence-corrected chi connectivity index (χ2v) is 7.91. The van der Waals surface area contributed by atoms with Gasteiger partial charge in [0.05, 0.1) is 6.04 Å². The number of fused-ring (bicyclic) bond motifs is 3. The summed E-state index contributed by atoms with van der Waals surface area (Å²) in [5.41, 5.74) is 1.40. The highest BCUT2D eigenvalue weighted by Gasteiger charge is 2.42. The lowest BCUT2D eigenvalue weighted by atomic mass is 10.1. The molecule has 1 saturated heterocycles. The molecule has 1 aliphatic carbocycles. The normalized spacial score (nSPS) is 24.4. The van der Waals surface area contributed by atoms with Crippen LogP contribution in [-0.4, -0.2) is 42.2 Å². The lowest BCUT2D eigenvalue weighted by Gasteiger charge is -2.28. The van der Waals surface area contributed by atoms with Crippen LogP contribution in [0.2, 0.25) is 0 Å². The van der Waals surface area contributed by atoms with Crippen LogP contribution in [0.25, 0.3) is 0 Å². The maximum atomic E-state index is 13.2. The Morgan fingerprint density at radius 1 is 1.23 bits per heavy atom. The topological polar surface area (TPSA) is 73.0 Å². The second kappa shape index (κ2) is 5.79. The van der Waals surface area contributed by atoms with Gasteiger partial charge in [-0.25, -0.2) is 9.48 Å². The number of aryl methyl sites for hydroxylation is 1.